The summed E-state index contributed by atoms with van der Waals surface area (Å²) in [6.07, 6.45) is -2.51. The first-order valence-electron chi connectivity index (χ1n) is 26.8. The normalized spacial score (nSPS) is 37.4. The zero-order chi connectivity index (χ0) is 56.4. The Bertz CT molecular complexity index is 2150. The molecule has 18 atom stereocenters. The van der Waals surface area contributed by atoms with Crippen LogP contribution in [0.2, 0.25) is 0 Å². The van der Waals surface area contributed by atoms with E-state index in [9.17, 15) is 37.3 Å². The minimum absolute atomic E-state index is 0.0321. The van der Waals surface area contributed by atoms with E-state index < -0.39 is 113 Å². The molecule has 2 unspecified atom stereocenters. The standard InChI is InChI=1S/C55H93F2N5O12S/c1-16-46-55(11,66)37(6)38(7)62(13)32-33(2)28-53(9,65)51(35(4)48(36(5)52(64)73-46)45-29-54(10,70-15)50(63)39(8)72-45)74-47-27-42(26-34(3)71-47)61(12)24-22-41(60-58)31-59-44(30-57)49(69-14)40-18-20-43(21-19-40)75(67,68)25-17-23-56/h18-21,31,33,35-39,42,44-51,63,65-66H,3,16-17,22-30,32,58H2,1-2,4-15H3/t33-,35+,36?,37-,38-,39+,42+,44-,45?,46-,47+,48+,49-,50+,51-,53-,54-,55+/m1/s1. The lowest BCUT2D eigenvalue weighted by atomic mass is 9.68. The fourth-order valence-electron chi connectivity index (χ4n) is 11.9. The van der Waals surface area contributed by atoms with Crippen LogP contribution in [0, 0.1) is 29.6 Å². The highest BCUT2D eigenvalue weighted by molar-refractivity contribution is 7.91. The van der Waals surface area contributed by atoms with Gasteiger partial charge in [-0.05, 0) is 97.5 Å². The van der Waals surface area contributed by atoms with E-state index in [2.05, 4.69) is 33.4 Å². The SMILES string of the molecule is C=C1C[C@H](N(C)CCC(C=N[C@H](CF)[C@H](OC)c2ccc(S(=O)(=O)CCCF)cc2)=NN)C[C@H](O[C@@H]2[C@@H](C)[C@H](C3C[C@@](C)(OC)[C@@H](O)[C@H](C)O3)C(C)C(=O)O[C@H](CC)[C@@](C)(O)[C@H](C)[C@@H](C)N(C)C[C@H](C)C[C@@]2(C)O)O1. The maximum Gasteiger partial charge on any atom is 0.309 e. The van der Waals surface area contributed by atoms with Gasteiger partial charge in [0.15, 0.2) is 9.84 Å². The highest BCUT2D eigenvalue weighted by Gasteiger charge is 2.54. The number of nitrogens with two attached hydrogens (primary N) is 1. The van der Waals surface area contributed by atoms with E-state index in [0.29, 0.717) is 62.2 Å². The maximum absolute atomic E-state index is 14.7. The lowest BCUT2D eigenvalue weighted by molar-refractivity contribution is -0.259. The van der Waals surface area contributed by atoms with Crippen molar-refractivity contribution in [3.63, 3.8) is 0 Å². The number of carbonyl (C=O) groups is 1. The first-order valence-corrected chi connectivity index (χ1v) is 28.4. The number of alkyl halides is 2. The van der Waals surface area contributed by atoms with Gasteiger partial charge >= 0.3 is 5.97 Å². The molecule has 3 heterocycles. The summed E-state index contributed by atoms with van der Waals surface area (Å²) in [4.78, 5) is 23.5. The van der Waals surface area contributed by atoms with Gasteiger partial charge in [-0.2, -0.15) is 5.10 Å². The monoisotopic (exact) mass is 1090 g/mol. The smallest absolute Gasteiger partial charge is 0.309 e. The van der Waals surface area contributed by atoms with E-state index in [1.807, 2.05) is 48.7 Å². The molecule has 4 rings (SSSR count). The Morgan fingerprint density at radius 3 is 2.29 bits per heavy atom. The number of ether oxygens (including phenoxy) is 6. The highest BCUT2D eigenvalue weighted by atomic mass is 32.2. The zero-order valence-electron chi connectivity index (χ0n) is 47.3. The molecular weight excluding hydrogens is 993 g/mol. The molecular formula is C55H93F2N5O12S. The molecule has 0 amide bonds. The third-order valence-electron chi connectivity index (χ3n) is 16.9. The summed E-state index contributed by atoms with van der Waals surface area (Å²) in [6, 6.07) is 4.55. The minimum atomic E-state index is -3.68. The molecule has 430 valence electrons. The van der Waals surface area contributed by atoms with E-state index in [0.717, 1.165) is 0 Å². The van der Waals surface area contributed by atoms with Crippen molar-refractivity contribution in [1.29, 1.82) is 0 Å². The van der Waals surface area contributed by atoms with E-state index >= 15 is 0 Å². The Morgan fingerprint density at radius 1 is 1.07 bits per heavy atom. The number of halogens is 2. The molecule has 17 nitrogen and oxygen atoms in total. The summed E-state index contributed by atoms with van der Waals surface area (Å²) in [5.74, 6) is 2.97. The van der Waals surface area contributed by atoms with E-state index in [1.165, 1.54) is 37.6 Å². The molecule has 1 aromatic rings. The van der Waals surface area contributed by atoms with Gasteiger partial charge in [0.25, 0.3) is 0 Å². The van der Waals surface area contributed by atoms with Crippen LogP contribution >= 0.6 is 0 Å². The molecule has 20 heteroatoms. The number of aliphatic hydroxyl groups is 3. The average molecular weight is 1090 g/mol. The van der Waals surface area contributed by atoms with E-state index in [-0.39, 0.29) is 47.4 Å². The number of benzene rings is 1. The van der Waals surface area contributed by atoms with Crippen LogP contribution in [0.1, 0.15) is 126 Å². The number of cyclic esters (lactones) is 1. The fraction of sp³-hybridized carbons (Fsp3) is 0.800. The van der Waals surface area contributed by atoms with Crippen molar-refractivity contribution in [2.45, 2.75) is 197 Å². The Kier molecular flexibility index (Phi) is 23.7. The number of nitrogens with zero attached hydrogens (tertiary/aromatic N) is 4. The number of hydrogen-bond acceptors (Lipinski definition) is 17. The molecule has 3 aliphatic rings. The third-order valence-corrected chi connectivity index (χ3v) is 18.7. The van der Waals surface area contributed by atoms with Crippen molar-refractivity contribution >= 4 is 27.7 Å². The number of sulfone groups is 1. The van der Waals surface area contributed by atoms with Crippen molar-refractivity contribution in [3.8, 4) is 0 Å². The number of hydrazone groups is 1. The molecule has 3 fully saturated rings. The second kappa shape index (κ2) is 27.6. The zero-order valence-corrected chi connectivity index (χ0v) is 48.1. The number of methoxy groups -OCH3 is 2. The van der Waals surface area contributed by atoms with Crippen molar-refractivity contribution in [2.75, 3.05) is 60.5 Å². The Balaban J connectivity index is 1.64. The Labute approximate surface area is 446 Å². The van der Waals surface area contributed by atoms with E-state index in [1.54, 1.807) is 34.8 Å². The third kappa shape index (κ3) is 16.0. The number of carbonyl (C=O) groups excluding carboxylic acids is 1. The molecule has 75 heavy (non-hydrogen) atoms. The number of rotatable bonds is 19. The molecule has 0 bridgehead atoms. The lowest BCUT2D eigenvalue weighted by Gasteiger charge is -2.51. The van der Waals surface area contributed by atoms with Gasteiger partial charge in [-0.1, -0.05) is 53.3 Å². The quantitative estimate of drug-likeness (QED) is 0.0495. The average Bonchev–Trinajstić information content (AvgIpc) is 3.36. The summed E-state index contributed by atoms with van der Waals surface area (Å²) < 4.78 is 90.6. The van der Waals surface area contributed by atoms with Crippen molar-refractivity contribution in [2.24, 2.45) is 45.5 Å². The Hall–Kier alpha value is -3.18. The van der Waals surface area contributed by atoms with Crippen LogP contribution in [-0.2, 0) is 43.1 Å². The van der Waals surface area contributed by atoms with Crippen LogP contribution in [0.4, 0.5) is 8.78 Å². The van der Waals surface area contributed by atoms with Crippen LogP contribution < -0.4 is 5.84 Å². The highest BCUT2D eigenvalue weighted by Crippen LogP contribution is 2.45. The van der Waals surface area contributed by atoms with Crippen LogP contribution in [0.25, 0.3) is 0 Å². The van der Waals surface area contributed by atoms with Gasteiger partial charge in [0, 0.05) is 83.1 Å². The largest absolute Gasteiger partial charge is 0.470 e. The van der Waals surface area contributed by atoms with Gasteiger partial charge < -0.3 is 59.4 Å². The molecule has 3 saturated heterocycles. The molecule has 3 aliphatic heterocycles. The van der Waals surface area contributed by atoms with Gasteiger partial charge in [-0.15, -0.1) is 0 Å². The first-order chi connectivity index (χ1) is 35.0. The van der Waals surface area contributed by atoms with Gasteiger partial charge in [0.1, 0.15) is 36.6 Å². The topological polar surface area (TPSA) is 224 Å². The summed E-state index contributed by atoms with van der Waals surface area (Å²) in [5.41, 5.74) is -3.04. The minimum Gasteiger partial charge on any atom is -0.470 e. The van der Waals surface area contributed by atoms with Gasteiger partial charge in [-0.25, -0.2) is 12.8 Å². The molecule has 0 aromatic heterocycles. The van der Waals surface area contributed by atoms with Gasteiger partial charge in [0.05, 0.1) is 64.2 Å². The lowest BCUT2D eigenvalue weighted by Crippen LogP contribution is -2.60. The molecule has 0 spiro atoms. The summed E-state index contributed by atoms with van der Waals surface area (Å²) in [5, 5.41) is 40.4. The van der Waals surface area contributed by atoms with Crippen LogP contribution in [0.3, 0.4) is 0 Å². The molecule has 5 N–H and O–H groups in total. The van der Waals surface area contributed by atoms with Crippen molar-refractivity contribution < 1.29 is 65.7 Å². The summed E-state index contributed by atoms with van der Waals surface area (Å²) in [7, 11) is 3.20. The maximum atomic E-state index is 14.7. The van der Waals surface area contributed by atoms with Gasteiger partial charge in [-0.3, -0.25) is 14.2 Å². The second-order valence-corrected chi connectivity index (χ2v) is 24.7. The first kappa shape index (κ1) is 64.3. The predicted octanol–water partition coefficient (Wildman–Crippen LogP) is 6.61. The number of hydrogen-bond donors (Lipinski definition) is 4. The number of esters is 1. The van der Waals surface area contributed by atoms with Crippen molar-refractivity contribution in [1.82, 2.24) is 9.80 Å². The van der Waals surface area contributed by atoms with Crippen LogP contribution in [-0.4, -0.2) is 184 Å². The summed E-state index contributed by atoms with van der Waals surface area (Å²) >= 11 is 0. The molecule has 1 aromatic carbocycles. The van der Waals surface area contributed by atoms with Crippen LogP contribution in [0.15, 0.2) is 51.6 Å². The number of aliphatic hydroxyl groups excluding tert-OH is 1. The molecule has 0 radical (unpaired) electrons. The number of aliphatic imine (C=N–C) groups is 1. The molecule has 0 aliphatic carbocycles. The molecule has 0 saturated carbocycles. The van der Waals surface area contributed by atoms with E-state index in [4.69, 9.17) is 34.3 Å². The second-order valence-electron chi connectivity index (χ2n) is 22.6. The Morgan fingerprint density at radius 2 is 1.72 bits per heavy atom. The fourth-order valence-corrected chi connectivity index (χ4v) is 13.2. The summed E-state index contributed by atoms with van der Waals surface area (Å²) in [6.45, 7) is 22.4. The predicted molar refractivity (Wildman–Crippen MR) is 287 cm³/mol. The van der Waals surface area contributed by atoms with Gasteiger partial charge in [0.2, 0.25) is 6.29 Å². The van der Waals surface area contributed by atoms with Crippen LogP contribution in [0.5, 0.6) is 0 Å². The van der Waals surface area contributed by atoms with Crippen molar-refractivity contribution in [3.05, 3.63) is 42.2 Å².